The van der Waals surface area contributed by atoms with E-state index >= 15 is 0 Å². The first-order valence-corrected chi connectivity index (χ1v) is 4.60. The second-order valence-corrected chi connectivity index (χ2v) is 4.00. The Labute approximate surface area is 87.9 Å². The summed E-state index contributed by atoms with van der Waals surface area (Å²) in [6, 6.07) is 4.47. The molecular weight excluding hydrogens is 197 g/mol. The van der Waals surface area contributed by atoms with Gasteiger partial charge >= 0.3 is 0 Å². The van der Waals surface area contributed by atoms with Gasteiger partial charge in [0.2, 0.25) is 0 Å². The highest BCUT2D eigenvalue weighted by molar-refractivity contribution is 5.96. The fraction of sp³-hybridized carbons (Fsp3) is 0.364. The third kappa shape index (κ3) is 3.02. The fourth-order valence-electron chi connectivity index (χ4n) is 0.997. The van der Waals surface area contributed by atoms with Gasteiger partial charge in [0.05, 0.1) is 5.69 Å². The Bertz CT molecular complexity index is 383. The van der Waals surface area contributed by atoms with Crippen LogP contribution in [-0.4, -0.2) is 16.6 Å². The van der Waals surface area contributed by atoms with E-state index in [1.807, 2.05) is 0 Å². The molecule has 0 aliphatic rings. The zero-order valence-electron chi connectivity index (χ0n) is 8.97. The topological polar surface area (TPSA) is 49.3 Å². The van der Waals surface area contributed by atoms with Crippen LogP contribution in [0.4, 0.5) is 10.1 Å². The number of nitrogens with one attached hydrogen (secondary N) is 1. The van der Waals surface area contributed by atoms with Crippen LogP contribution in [-0.2, 0) is 4.79 Å². The minimum absolute atomic E-state index is 0.0766. The number of carbonyl (C=O) groups is 1. The summed E-state index contributed by atoms with van der Waals surface area (Å²) in [5, 5.41) is 11.7. The molecule has 0 saturated heterocycles. The molecule has 0 aliphatic carbocycles. The predicted octanol–water partition coefficient (Wildman–Crippen LogP) is 1.84. The largest absolute Gasteiger partial charge is 0.381 e. The van der Waals surface area contributed by atoms with E-state index in [1.165, 1.54) is 26.0 Å². The van der Waals surface area contributed by atoms with Gasteiger partial charge in [-0.05, 0) is 38.5 Å². The van der Waals surface area contributed by atoms with E-state index in [2.05, 4.69) is 5.32 Å². The average molecular weight is 211 g/mol. The normalized spacial score (nSPS) is 11.3. The monoisotopic (exact) mass is 211 g/mol. The van der Waals surface area contributed by atoms with Crippen LogP contribution >= 0.6 is 0 Å². The highest BCUT2D eigenvalue weighted by atomic mass is 19.1. The molecule has 0 spiro atoms. The lowest BCUT2D eigenvalue weighted by Crippen LogP contribution is -2.36. The van der Waals surface area contributed by atoms with Gasteiger partial charge in [0.1, 0.15) is 11.4 Å². The zero-order valence-corrected chi connectivity index (χ0v) is 8.97. The SMILES string of the molecule is Cc1ccc(NC(=O)C(C)(C)O)c(F)c1. The maximum Gasteiger partial charge on any atom is 0.255 e. The van der Waals surface area contributed by atoms with E-state index in [4.69, 9.17) is 0 Å². The van der Waals surface area contributed by atoms with Crippen LogP contribution in [0.3, 0.4) is 0 Å². The van der Waals surface area contributed by atoms with Crippen LogP contribution in [0.5, 0.6) is 0 Å². The van der Waals surface area contributed by atoms with Gasteiger partial charge < -0.3 is 10.4 Å². The maximum atomic E-state index is 13.3. The highest BCUT2D eigenvalue weighted by Gasteiger charge is 2.24. The number of amides is 1. The summed E-state index contributed by atoms with van der Waals surface area (Å²) in [5.74, 6) is -1.14. The number of aliphatic hydroxyl groups is 1. The van der Waals surface area contributed by atoms with Crippen molar-refractivity contribution in [3.05, 3.63) is 29.6 Å². The number of anilines is 1. The molecule has 3 nitrogen and oxygen atoms in total. The van der Waals surface area contributed by atoms with Crippen LogP contribution in [0, 0.1) is 12.7 Å². The second-order valence-electron chi connectivity index (χ2n) is 4.00. The van der Waals surface area contributed by atoms with Gasteiger partial charge in [0.15, 0.2) is 0 Å². The lowest BCUT2D eigenvalue weighted by atomic mass is 10.1. The minimum Gasteiger partial charge on any atom is -0.381 e. The van der Waals surface area contributed by atoms with E-state index in [-0.39, 0.29) is 5.69 Å². The van der Waals surface area contributed by atoms with E-state index < -0.39 is 17.3 Å². The summed E-state index contributed by atoms with van der Waals surface area (Å²) < 4.78 is 13.3. The standard InChI is InChI=1S/C11H14FNO2/c1-7-4-5-9(8(12)6-7)13-10(14)11(2,3)15/h4-6,15H,1-3H3,(H,13,14). The summed E-state index contributed by atoms with van der Waals surface area (Å²) in [6.07, 6.45) is 0. The summed E-state index contributed by atoms with van der Waals surface area (Å²) in [4.78, 5) is 11.3. The number of aryl methyl sites for hydroxylation is 1. The Kier molecular flexibility index (Phi) is 3.09. The van der Waals surface area contributed by atoms with Gasteiger partial charge in [-0.1, -0.05) is 6.07 Å². The number of carbonyl (C=O) groups excluding carboxylic acids is 1. The van der Waals surface area contributed by atoms with Crippen molar-refractivity contribution in [2.45, 2.75) is 26.4 Å². The number of hydrogen-bond acceptors (Lipinski definition) is 2. The van der Waals surface area contributed by atoms with Crippen LogP contribution < -0.4 is 5.32 Å². The van der Waals surface area contributed by atoms with Crippen molar-refractivity contribution in [3.63, 3.8) is 0 Å². The zero-order chi connectivity index (χ0) is 11.6. The third-order valence-corrected chi connectivity index (χ3v) is 1.93. The quantitative estimate of drug-likeness (QED) is 0.784. The van der Waals surface area contributed by atoms with Gasteiger partial charge in [0, 0.05) is 0 Å². The molecule has 0 radical (unpaired) electrons. The summed E-state index contributed by atoms with van der Waals surface area (Å²) in [5.41, 5.74) is -0.668. The van der Waals surface area contributed by atoms with Crippen molar-refractivity contribution < 1.29 is 14.3 Å². The van der Waals surface area contributed by atoms with Crippen LogP contribution in [0.25, 0.3) is 0 Å². The maximum absolute atomic E-state index is 13.3. The average Bonchev–Trinajstić information content (AvgIpc) is 2.08. The molecule has 0 bridgehead atoms. The number of benzene rings is 1. The van der Waals surface area contributed by atoms with Gasteiger partial charge in [-0.2, -0.15) is 0 Å². The van der Waals surface area contributed by atoms with Gasteiger partial charge in [0.25, 0.3) is 5.91 Å². The fourth-order valence-corrected chi connectivity index (χ4v) is 0.997. The van der Waals surface area contributed by atoms with Crippen LogP contribution in [0.2, 0.25) is 0 Å². The molecule has 15 heavy (non-hydrogen) atoms. The number of halogens is 1. The third-order valence-electron chi connectivity index (χ3n) is 1.93. The molecule has 0 atom stereocenters. The molecule has 1 aromatic rings. The Morgan fingerprint density at radius 1 is 1.47 bits per heavy atom. The first-order chi connectivity index (χ1) is 6.80. The molecule has 82 valence electrons. The first-order valence-electron chi connectivity index (χ1n) is 4.60. The Hall–Kier alpha value is -1.42. The van der Waals surface area contributed by atoms with Crippen molar-refractivity contribution in [1.82, 2.24) is 0 Å². The lowest BCUT2D eigenvalue weighted by molar-refractivity contribution is -0.130. The van der Waals surface area contributed by atoms with Gasteiger partial charge in [-0.15, -0.1) is 0 Å². The molecule has 1 rings (SSSR count). The van der Waals surface area contributed by atoms with Crippen molar-refractivity contribution >= 4 is 11.6 Å². The molecule has 0 heterocycles. The van der Waals surface area contributed by atoms with Crippen LogP contribution in [0.15, 0.2) is 18.2 Å². The second kappa shape index (κ2) is 3.98. The number of rotatable bonds is 2. The van der Waals surface area contributed by atoms with Crippen molar-refractivity contribution in [1.29, 1.82) is 0 Å². The smallest absolute Gasteiger partial charge is 0.255 e. The van der Waals surface area contributed by atoms with E-state index in [9.17, 15) is 14.3 Å². The molecule has 2 N–H and O–H groups in total. The lowest BCUT2D eigenvalue weighted by Gasteiger charge is -2.16. The molecule has 1 aromatic carbocycles. The molecule has 0 fully saturated rings. The van der Waals surface area contributed by atoms with E-state index in [0.717, 1.165) is 5.56 Å². The van der Waals surface area contributed by atoms with Gasteiger partial charge in [-0.3, -0.25) is 4.79 Å². The highest BCUT2D eigenvalue weighted by Crippen LogP contribution is 2.16. The summed E-state index contributed by atoms with van der Waals surface area (Å²) >= 11 is 0. The Morgan fingerprint density at radius 3 is 2.53 bits per heavy atom. The molecule has 0 aliphatic heterocycles. The van der Waals surface area contributed by atoms with E-state index in [1.54, 1.807) is 13.0 Å². The predicted molar refractivity (Wildman–Crippen MR) is 56.1 cm³/mol. The molecule has 4 heteroatoms. The van der Waals surface area contributed by atoms with Crippen molar-refractivity contribution in [2.24, 2.45) is 0 Å². The number of hydrogen-bond donors (Lipinski definition) is 2. The van der Waals surface area contributed by atoms with Crippen LogP contribution in [0.1, 0.15) is 19.4 Å². The molecular formula is C11H14FNO2. The Balaban J connectivity index is 2.87. The molecule has 0 saturated carbocycles. The van der Waals surface area contributed by atoms with Crippen molar-refractivity contribution in [2.75, 3.05) is 5.32 Å². The molecule has 1 amide bonds. The minimum atomic E-state index is -1.52. The Morgan fingerprint density at radius 2 is 2.07 bits per heavy atom. The molecule has 0 unspecified atom stereocenters. The first kappa shape index (κ1) is 11.7. The van der Waals surface area contributed by atoms with Gasteiger partial charge in [-0.25, -0.2) is 4.39 Å². The summed E-state index contributed by atoms with van der Waals surface area (Å²) in [7, 11) is 0. The van der Waals surface area contributed by atoms with Crippen molar-refractivity contribution in [3.8, 4) is 0 Å². The molecule has 0 aromatic heterocycles. The van der Waals surface area contributed by atoms with E-state index in [0.29, 0.717) is 0 Å². The summed E-state index contributed by atoms with van der Waals surface area (Å²) in [6.45, 7) is 4.44.